The maximum absolute atomic E-state index is 12.7. The van der Waals surface area contributed by atoms with Gasteiger partial charge in [-0.15, -0.1) is 0 Å². The standard InChI is InChI=1S/C16H30N2OS/c1-20-14-8-6-13(7-9-14)18-15(19)16(12-17)10-4-2-3-5-11-16/h13-14H,2-12,17H2,1H3,(H,18,19). The second kappa shape index (κ2) is 7.69. The summed E-state index contributed by atoms with van der Waals surface area (Å²) in [6.07, 6.45) is 13.7. The molecule has 3 nitrogen and oxygen atoms in total. The number of nitrogens with two attached hydrogens (primary N) is 1. The van der Waals surface area contributed by atoms with Gasteiger partial charge in [0.05, 0.1) is 5.41 Å². The Labute approximate surface area is 127 Å². The molecule has 0 aromatic heterocycles. The first-order valence-corrected chi connectivity index (χ1v) is 9.53. The fourth-order valence-corrected chi connectivity index (χ4v) is 4.45. The van der Waals surface area contributed by atoms with Gasteiger partial charge in [0.15, 0.2) is 0 Å². The number of thioether (sulfide) groups is 1. The molecular formula is C16H30N2OS. The lowest BCUT2D eigenvalue weighted by molar-refractivity contribution is -0.132. The van der Waals surface area contributed by atoms with Gasteiger partial charge in [0.2, 0.25) is 5.91 Å². The summed E-state index contributed by atoms with van der Waals surface area (Å²) < 4.78 is 0. The van der Waals surface area contributed by atoms with Crippen molar-refractivity contribution < 1.29 is 4.79 Å². The van der Waals surface area contributed by atoms with Crippen LogP contribution in [0.4, 0.5) is 0 Å². The molecule has 0 saturated heterocycles. The van der Waals surface area contributed by atoms with Crippen LogP contribution >= 0.6 is 11.8 Å². The van der Waals surface area contributed by atoms with Gasteiger partial charge in [-0.05, 0) is 44.8 Å². The van der Waals surface area contributed by atoms with E-state index in [0.717, 1.165) is 43.8 Å². The van der Waals surface area contributed by atoms with Crippen molar-refractivity contribution in [3.63, 3.8) is 0 Å². The van der Waals surface area contributed by atoms with Crippen molar-refractivity contribution in [1.29, 1.82) is 0 Å². The van der Waals surface area contributed by atoms with Crippen molar-refractivity contribution in [1.82, 2.24) is 5.32 Å². The van der Waals surface area contributed by atoms with E-state index in [0.29, 0.717) is 12.6 Å². The van der Waals surface area contributed by atoms with Crippen LogP contribution in [-0.4, -0.2) is 30.0 Å². The number of nitrogens with one attached hydrogen (secondary N) is 1. The molecule has 0 spiro atoms. The van der Waals surface area contributed by atoms with Crippen LogP contribution in [0.2, 0.25) is 0 Å². The van der Waals surface area contributed by atoms with Crippen molar-refractivity contribution in [2.45, 2.75) is 75.5 Å². The smallest absolute Gasteiger partial charge is 0.227 e. The Morgan fingerprint density at radius 3 is 2.25 bits per heavy atom. The molecule has 2 fully saturated rings. The molecule has 0 radical (unpaired) electrons. The molecule has 4 heteroatoms. The molecule has 116 valence electrons. The van der Waals surface area contributed by atoms with Crippen LogP contribution in [-0.2, 0) is 4.79 Å². The Hall–Kier alpha value is -0.220. The maximum Gasteiger partial charge on any atom is 0.227 e. The third-order valence-electron chi connectivity index (χ3n) is 5.28. The molecular weight excluding hydrogens is 268 g/mol. The highest BCUT2D eigenvalue weighted by molar-refractivity contribution is 7.99. The molecule has 0 heterocycles. The van der Waals surface area contributed by atoms with Crippen molar-refractivity contribution in [2.75, 3.05) is 12.8 Å². The molecule has 0 bridgehead atoms. The number of carbonyl (C=O) groups excluding carboxylic acids is 1. The van der Waals surface area contributed by atoms with Crippen LogP contribution in [0.1, 0.15) is 64.2 Å². The summed E-state index contributed by atoms with van der Waals surface area (Å²) in [5, 5.41) is 4.12. The summed E-state index contributed by atoms with van der Waals surface area (Å²) in [6.45, 7) is 0.513. The Balaban J connectivity index is 1.89. The highest BCUT2D eigenvalue weighted by Gasteiger charge is 2.38. The lowest BCUT2D eigenvalue weighted by Gasteiger charge is -2.34. The van der Waals surface area contributed by atoms with E-state index in [1.807, 2.05) is 11.8 Å². The summed E-state index contributed by atoms with van der Waals surface area (Å²) in [7, 11) is 0. The van der Waals surface area contributed by atoms with Crippen LogP contribution in [0.15, 0.2) is 0 Å². The van der Waals surface area contributed by atoms with E-state index in [1.54, 1.807) is 0 Å². The minimum Gasteiger partial charge on any atom is -0.353 e. The second-order valence-corrected chi connectivity index (χ2v) is 7.72. The molecule has 2 aliphatic rings. The maximum atomic E-state index is 12.7. The molecule has 2 saturated carbocycles. The number of amides is 1. The number of carbonyl (C=O) groups is 1. The fourth-order valence-electron chi connectivity index (χ4n) is 3.71. The molecule has 0 atom stereocenters. The fraction of sp³-hybridized carbons (Fsp3) is 0.938. The Morgan fingerprint density at radius 1 is 1.15 bits per heavy atom. The molecule has 0 unspecified atom stereocenters. The molecule has 2 aliphatic carbocycles. The topological polar surface area (TPSA) is 55.1 Å². The number of rotatable bonds is 4. The van der Waals surface area contributed by atoms with Crippen LogP contribution < -0.4 is 11.1 Å². The first-order valence-electron chi connectivity index (χ1n) is 8.24. The van der Waals surface area contributed by atoms with Gasteiger partial charge in [-0.1, -0.05) is 25.7 Å². The lowest BCUT2D eigenvalue weighted by Crippen LogP contribution is -2.50. The Bertz CT molecular complexity index is 306. The van der Waals surface area contributed by atoms with E-state index in [9.17, 15) is 4.79 Å². The second-order valence-electron chi connectivity index (χ2n) is 6.58. The Morgan fingerprint density at radius 2 is 1.75 bits per heavy atom. The van der Waals surface area contributed by atoms with Gasteiger partial charge in [0.1, 0.15) is 0 Å². The van der Waals surface area contributed by atoms with Gasteiger partial charge in [0, 0.05) is 17.8 Å². The molecule has 3 N–H and O–H groups in total. The molecule has 0 aromatic carbocycles. The highest BCUT2D eigenvalue weighted by atomic mass is 32.2. The summed E-state index contributed by atoms with van der Waals surface area (Å²) in [5.74, 6) is 0.245. The average Bonchev–Trinajstić information content (AvgIpc) is 2.74. The van der Waals surface area contributed by atoms with Crippen molar-refractivity contribution >= 4 is 17.7 Å². The molecule has 20 heavy (non-hydrogen) atoms. The van der Waals surface area contributed by atoms with Crippen LogP contribution in [0.25, 0.3) is 0 Å². The van der Waals surface area contributed by atoms with E-state index in [-0.39, 0.29) is 11.3 Å². The largest absolute Gasteiger partial charge is 0.353 e. The first kappa shape index (κ1) is 16.2. The zero-order valence-electron chi connectivity index (χ0n) is 12.8. The summed E-state index contributed by atoms with van der Waals surface area (Å²) >= 11 is 1.97. The minimum atomic E-state index is -0.271. The summed E-state index contributed by atoms with van der Waals surface area (Å²) in [5.41, 5.74) is 5.72. The van der Waals surface area contributed by atoms with E-state index in [2.05, 4.69) is 11.6 Å². The average molecular weight is 298 g/mol. The first-order chi connectivity index (χ1) is 9.70. The normalized spacial score (nSPS) is 30.5. The van der Waals surface area contributed by atoms with Crippen molar-refractivity contribution in [3.8, 4) is 0 Å². The molecule has 2 rings (SSSR count). The lowest BCUT2D eigenvalue weighted by atomic mass is 9.79. The van der Waals surface area contributed by atoms with Gasteiger partial charge < -0.3 is 11.1 Å². The Kier molecular flexibility index (Phi) is 6.21. The van der Waals surface area contributed by atoms with E-state index in [4.69, 9.17) is 5.73 Å². The zero-order valence-corrected chi connectivity index (χ0v) is 13.6. The third kappa shape index (κ3) is 3.91. The molecule has 0 aliphatic heterocycles. The van der Waals surface area contributed by atoms with Crippen LogP contribution in [0.5, 0.6) is 0 Å². The minimum absolute atomic E-state index is 0.245. The van der Waals surface area contributed by atoms with E-state index in [1.165, 1.54) is 25.7 Å². The van der Waals surface area contributed by atoms with Gasteiger partial charge in [-0.25, -0.2) is 0 Å². The SMILES string of the molecule is CSC1CCC(NC(=O)C2(CN)CCCCCC2)CC1. The highest BCUT2D eigenvalue weighted by Crippen LogP contribution is 2.35. The van der Waals surface area contributed by atoms with Crippen LogP contribution in [0.3, 0.4) is 0 Å². The van der Waals surface area contributed by atoms with E-state index < -0.39 is 0 Å². The molecule has 0 aromatic rings. The van der Waals surface area contributed by atoms with Gasteiger partial charge >= 0.3 is 0 Å². The predicted molar refractivity (Wildman–Crippen MR) is 86.9 cm³/mol. The van der Waals surface area contributed by atoms with Gasteiger partial charge in [-0.2, -0.15) is 11.8 Å². The predicted octanol–water partition coefficient (Wildman–Crippen LogP) is 3.08. The zero-order chi connectivity index (χ0) is 14.4. The van der Waals surface area contributed by atoms with Gasteiger partial charge in [0.25, 0.3) is 0 Å². The van der Waals surface area contributed by atoms with Gasteiger partial charge in [-0.3, -0.25) is 4.79 Å². The quantitative estimate of drug-likeness (QED) is 0.784. The molecule has 1 amide bonds. The van der Waals surface area contributed by atoms with Crippen LogP contribution in [0, 0.1) is 5.41 Å². The third-order valence-corrected chi connectivity index (χ3v) is 6.41. The van der Waals surface area contributed by atoms with Crippen molar-refractivity contribution in [3.05, 3.63) is 0 Å². The van der Waals surface area contributed by atoms with E-state index >= 15 is 0 Å². The number of hydrogen-bond donors (Lipinski definition) is 2. The number of hydrogen-bond acceptors (Lipinski definition) is 3. The summed E-state index contributed by atoms with van der Waals surface area (Å²) in [4.78, 5) is 12.7. The summed E-state index contributed by atoms with van der Waals surface area (Å²) in [6, 6.07) is 0.387. The monoisotopic (exact) mass is 298 g/mol. The van der Waals surface area contributed by atoms with Crippen molar-refractivity contribution in [2.24, 2.45) is 11.1 Å².